The molecule has 12 nitrogen and oxygen atoms in total. The first kappa shape index (κ1) is 30.6. The molecule has 5 rings (SSSR count). The molecule has 1 saturated carbocycles. The van der Waals surface area contributed by atoms with Gasteiger partial charge in [0, 0.05) is 37.3 Å². The van der Waals surface area contributed by atoms with Crippen molar-refractivity contribution < 1.29 is 28.8 Å². The van der Waals surface area contributed by atoms with Gasteiger partial charge in [-0.05, 0) is 78.2 Å². The SMILES string of the molecule is Cc1[nH]n2c(=O)c(C(=O)NC3CC3)c(O)[n+](CC(C)C)c2c1/C=C/C(=O)N1CCCC12CCN(C(=O)OC(C)(C)C)CC2. The third-order valence-electron chi connectivity index (χ3n) is 8.58. The molecule has 2 aromatic rings. The highest BCUT2D eigenvalue weighted by atomic mass is 16.6. The Kier molecular flexibility index (Phi) is 8.08. The second-order valence-electron chi connectivity index (χ2n) is 13.7. The Labute approximate surface area is 251 Å². The van der Waals surface area contributed by atoms with Crippen LogP contribution in [-0.4, -0.2) is 79.2 Å². The molecule has 43 heavy (non-hydrogen) atoms. The number of hydrogen-bond acceptors (Lipinski definition) is 6. The number of hydrogen-bond donors (Lipinski definition) is 3. The molecule has 12 heteroatoms. The number of H-pyrrole nitrogens is 1. The zero-order valence-electron chi connectivity index (χ0n) is 26.2. The minimum atomic E-state index is -0.644. The predicted octanol–water partition coefficient (Wildman–Crippen LogP) is 2.88. The molecule has 2 aliphatic heterocycles. The van der Waals surface area contributed by atoms with Gasteiger partial charge in [-0.1, -0.05) is 18.4 Å². The molecule has 3 aliphatic rings. The maximum atomic E-state index is 13.7. The quantitative estimate of drug-likeness (QED) is 0.346. The van der Waals surface area contributed by atoms with Crippen LogP contribution in [0.1, 0.15) is 94.8 Å². The summed E-state index contributed by atoms with van der Waals surface area (Å²) >= 11 is 0. The second-order valence-corrected chi connectivity index (χ2v) is 13.7. The number of carbonyl (C=O) groups is 3. The van der Waals surface area contributed by atoms with Crippen LogP contribution in [0.4, 0.5) is 4.79 Å². The van der Waals surface area contributed by atoms with E-state index in [1.54, 1.807) is 22.5 Å². The Balaban J connectivity index is 1.42. The zero-order valence-corrected chi connectivity index (χ0v) is 26.2. The Morgan fingerprint density at radius 3 is 2.44 bits per heavy atom. The van der Waals surface area contributed by atoms with Gasteiger partial charge in [-0.25, -0.2) is 14.7 Å². The summed E-state index contributed by atoms with van der Waals surface area (Å²) in [6, 6.07) is 0.0267. The highest BCUT2D eigenvalue weighted by Crippen LogP contribution is 2.39. The van der Waals surface area contributed by atoms with Gasteiger partial charge in [-0.2, -0.15) is 4.57 Å². The van der Waals surface area contributed by atoms with Crippen molar-refractivity contribution in [2.45, 2.75) is 104 Å². The van der Waals surface area contributed by atoms with Gasteiger partial charge in [0.2, 0.25) is 11.5 Å². The van der Waals surface area contributed by atoms with Crippen LogP contribution in [-0.2, 0) is 16.1 Å². The van der Waals surface area contributed by atoms with E-state index in [4.69, 9.17) is 4.74 Å². The number of amides is 3. The predicted molar refractivity (Wildman–Crippen MR) is 160 cm³/mol. The maximum absolute atomic E-state index is 13.7. The van der Waals surface area contributed by atoms with Crippen molar-refractivity contribution in [2.75, 3.05) is 19.6 Å². The molecular formula is C31H45N6O6+. The monoisotopic (exact) mass is 597 g/mol. The zero-order chi connectivity index (χ0) is 31.3. The molecule has 0 bridgehead atoms. The number of aryl methyl sites for hydroxylation is 1. The van der Waals surface area contributed by atoms with E-state index in [1.807, 2.05) is 39.5 Å². The Bertz CT molecular complexity index is 1520. The van der Waals surface area contributed by atoms with Gasteiger partial charge in [-0.15, -0.1) is 0 Å². The molecule has 0 aromatic carbocycles. The average molecular weight is 598 g/mol. The molecule has 2 aromatic heterocycles. The summed E-state index contributed by atoms with van der Waals surface area (Å²) in [7, 11) is 0. The number of aromatic amines is 1. The first-order valence-electron chi connectivity index (χ1n) is 15.4. The summed E-state index contributed by atoms with van der Waals surface area (Å²) in [5, 5.41) is 17.1. The minimum absolute atomic E-state index is 0.0267. The summed E-state index contributed by atoms with van der Waals surface area (Å²) in [4.78, 5) is 56.3. The molecule has 4 heterocycles. The molecule has 0 unspecified atom stereocenters. The number of likely N-dealkylation sites (tertiary alicyclic amines) is 2. The number of nitrogens with one attached hydrogen (secondary N) is 2. The molecule has 0 radical (unpaired) electrons. The average Bonchev–Trinajstić information content (AvgIpc) is 3.54. The lowest BCUT2D eigenvalue weighted by molar-refractivity contribution is -0.686. The van der Waals surface area contributed by atoms with Crippen LogP contribution in [0.25, 0.3) is 11.7 Å². The largest absolute Gasteiger partial charge is 0.477 e. The molecule has 3 amide bonds. The highest BCUT2D eigenvalue weighted by Gasteiger charge is 2.46. The number of fused-ring (bicyclic) bond motifs is 1. The van der Waals surface area contributed by atoms with E-state index in [0.717, 1.165) is 25.7 Å². The number of ether oxygens (including phenoxy) is 1. The van der Waals surface area contributed by atoms with Crippen molar-refractivity contribution in [3.05, 3.63) is 33.3 Å². The highest BCUT2D eigenvalue weighted by molar-refractivity contribution is 5.96. The van der Waals surface area contributed by atoms with Crippen molar-refractivity contribution in [1.82, 2.24) is 24.7 Å². The molecule has 0 atom stereocenters. The van der Waals surface area contributed by atoms with Crippen LogP contribution in [0.5, 0.6) is 5.88 Å². The summed E-state index contributed by atoms with van der Waals surface area (Å²) < 4.78 is 8.40. The lowest BCUT2D eigenvalue weighted by Crippen LogP contribution is -2.55. The van der Waals surface area contributed by atoms with Gasteiger partial charge in [0.25, 0.3) is 5.91 Å². The van der Waals surface area contributed by atoms with Crippen molar-refractivity contribution in [3.63, 3.8) is 0 Å². The van der Waals surface area contributed by atoms with Crippen LogP contribution >= 0.6 is 0 Å². The fourth-order valence-electron chi connectivity index (χ4n) is 6.33. The van der Waals surface area contributed by atoms with Gasteiger partial charge in [0.15, 0.2) is 0 Å². The summed E-state index contributed by atoms with van der Waals surface area (Å²) in [5.41, 5.74) is -0.214. The van der Waals surface area contributed by atoms with Crippen LogP contribution in [0, 0.1) is 12.8 Å². The number of piperidine rings is 1. The van der Waals surface area contributed by atoms with Gasteiger partial charge < -0.3 is 25.0 Å². The molecule has 3 N–H and O–H groups in total. The lowest BCUT2D eigenvalue weighted by Gasteiger charge is -2.44. The molecule has 3 fully saturated rings. The topological polar surface area (TPSA) is 140 Å². The number of rotatable bonds is 6. The number of nitrogens with zero attached hydrogens (tertiary/aromatic N) is 4. The van der Waals surface area contributed by atoms with Gasteiger partial charge in [0.05, 0.1) is 17.8 Å². The standard InChI is InChI=1S/C31H44N6O6/c1-19(2)18-35-26-22(20(3)33-37(26)28(41)24(27(35)40)25(39)32-21-8-9-21)10-11-23(38)36-15-7-12-31(36)13-16-34(17-14-31)29(42)43-30(4,5)6/h10-11,19,21H,7-9,12-18H2,1-6H3,(H2,32,39,40,41)/p+1/b11-10+. The van der Waals surface area contributed by atoms with E-state index in [2.05, 4.69) is 10.4 Å². The number of carbonyl (C=O) groups excluding carboxylic acids is 3. The van der Waals surface area contributed by atoms with Crippen LogP contribution in [0.15, 0.2) is 10.9 Å². The Morgan fingerprint density at radius 1 is 1.16 bits per heavy atom. The minimum Gasteiger partial charge on any atom is -0.477 e. The Morgan fingerprint density at radius 2 is 1.84 bits per heavy atom. The summed E-state index contributed by atoms with van der Waals surface area (Å²) in [6.45, 7) is 13.4. The van der Waals surface area contributed by atoms with Gasteiger partial charge in [0.1, 0.15) is 5.60 Å². The second kappa shape index (κ2) is 11.3. The van der Waals surface area contributed by atoms with Gasteiger partial charge >= 0.3 is 23.2 Å². The first-order valence-corrected chi connectivity index (χ1v) is 15.4. The molecule has 2 saturated heterocycles. The van der Waals surface area contributed by atoms with E-state index in [0.29, 0.717) is 55.9 Å². The summed E-state index contributed by atoms with van der Waals surface area (Å²) in [6.07, 6.45) is 7.73. The van der Waals surface area contributed by atoms with E-state index >= 15 is 0 Å². The third-order valence-corrected chi connectivity index (χ3v) is 8.58. The fourth-order valence-corrected chi connectivity index (χ4v) is 6.33. The van der Waals surface area contributed by atoms with Crippen molar-refractivity contribution >= 4 is 29.6 Å². The maximum Gasteiger partial charge on any atom is 0.410 e. The Hall–Kier alpha value is -3.83. The van der Waals surface area contributed by atoms with Crippen LogP contribution < -0.4 is 15.4 Å². The fraction of sp³-hybridized carbons (Fsp3) is 0.645. The summed E-state index contributed by atoms with van der Waals surface area (Å²) in [5.74, 6) is -1.01. The normalized spacial score (nSPS) is 18.8. The molecule has 1 spiro atoms. The van der Waals surface area contributed by atoms with Gasteiger partial charge in [-0.3, -0.25) is 9.59 Å². The third kappa shape index (κ3) is 6.14. The van der Waals surface area contributed by atoms with E-state index in [9.17, 15) is 24.3 Å². The van der Waals surface area contributed by atoms with Crippen LogP contribution in [0.2, 0.25) is 0 Å². The van der Waals surface area contributed by atoms with Crippen molar-refractivity contribution in [3.8, 4) is 5.88 Å². The first-order chi connectivity index (χ1) is 20.2. The van der Waals surface area contributed by atoms with E-state index in [1.165, 1.54) is 10.6 Å². The van der Waals surface area contributed by atoms with Crippen molar-refractivity contribution in [1.29, 1.82) is 0 Å². The molecular weight excluding hydrogens is 552 g/mol. The molecule has 234 valence electrons. The number of aromatic hydroxyl groups is 1. The van der Waals surface area contributed by atoms with E-state index < -0.39 is 17.1 Å². The van der Waals surface area contributed by atoms with E-state index in [-0.39, 0.29) is 40.9 Å². The van der Waals surface area contributed by atoms with Crippen LogP contribution in [0.3, 0.4) is 0 Å². The molecule has 1 aliphatic carbocycles. The lowest BCUT2D eigenvalue weighted by atomic mass is 9.85. The smallest absolute Gasteiger partial charge is 0.410 e. The number of aromatic nitrogens is 3. The van der Waals surface area contributed by atoms with Crippen molar-refractivity contribution in [2.24, 2.45) is 5.92 Å².